The highest BCUT2D eigenvalue weighted by molar-refractivity contribution is 5.58. The highest BCUT2D eigenvalue weighted by Crippen LogP contribution is 2.49. The molecular formula is C20H25F. The van der Waals surface area contributed by atoms with E-state index in [9.17, 15) is 4.39 Å². The summed E-state index contributed by atoms with van der Waals surface area (Å²) < 4.78 is 9.50. The summed E-state index contributed by atoms with van der Waals surface area (Å²) in [6.07, 6.45) is 3.82. The Morgan fingerprint density at radius 2 is 1.71 bits per heavy atom. The van der Waals surface area contributed by atoms with Crippen LogP contribution in [0.25, 0.3) is 0 Å². The summed E-state index contributed by atoms with van der Waals surface area (Å²) in [6.45, 7) is 6.63. The average molecular weight is 284 g/mol. The number of benzene rings is 2. The zero-order valence-electron chi connectivity index (χ0n) is 13.5. The van der Waals surface area contributed by atoms with E-state index in [-0.39, 0.29) is 0 Å². The molecule has 1 unspecified atom stereocenters. The lowest BCUT2D eigenvalue weighted by Crippen LogP contribution is -1.87. The average Bonchev–Trinajstić information content (AvgIpc) is 3.14. The van der Waals surface area contributed by atoms with Crippen molar-refractivity contribution in [2.45, 2.75) is 46.0 Å². The lowest BCUT2D eigenvalue weighted by atomic mass is 10.0. The van der Waals surface area contributed by atoms with Gasteiger partial charge in [0.1, 0.15) is 0 Å². The van der Waals surface area contributed by atoms with E-state index in [2.05, 4.69) is 57.2 Å². The van der Waals surface area contributed by atoms with E-state index in [0.717, 1.165) is 5.92 Å². The van der Waals surface area contributed by atoms with Gasteiger partial charge in [-0.05, 0) is 62.3 Å². The SMILES string of the molecule is CF.Cc1cccc(CCCC2c3cc(C)cc(C)c32)c1. The first-order valence-corrected chi connectivity index (χ1v) is 7.69. The molecule has 1 atom stereocenters. The maximum Gasteiger partial charge on any atom is 0.0785 e. The Hall–Kier alpha value is -1.63. The number of hydrogen-bond donors (Lipinski definition) is 0. The van der Waals surface area contributed by atoms with Crippen LogP contribution < -0.4 is 0 Å². The summed E-state index contributed by atoms with van der Waals surface area (Å²) in [6, 6.07) is 13.6. The normalized spacial score (nSPS) is 15.0. The fourth-order valence-corrected chi connectivity index (χ4v) is 3.35. The molecule has 112 valence electrons. The Labute approximate surface area is 128 Å². The summed E-state index contributed by atoms with van der Waals surface area (Å²) in [4.78, 5) is 0. The summed E-state index contributed by atoms with van der Waals surface area (Å²) in [5, 5.41) is 0. The van der Waals surface area contributed by atoms with Crippen molar-refractivity contribution in [1.82, 2.24) is 0 Å². The third kappa shape index (κ3) is 3.72. The van der Waals surface area contributed by atoms with Crippen LogP contribution in [0.1, 0.15) is 52.1 Å². The van der Waals surface area contributed by atoms with Gasteiger partial charge in [-0.3, -0.25) is 4.39 Å². The Kier molecular flexibility index (Phi) is 5.17. The number of hydrogen-bond acceptors (Lipinski definition) is 0. The lowest BCUT2D eigenvalue weighted by molar-refractivity contribution is 0.636. The second kappa shape index (κ2) is 6.89. The van der Waals surface area contributed by atoms with Crippen LogP contribution in [0.4, 0.5) is 4.39 Å². The highest BCUT2D eigenvalue weighted by Gasteiger charge is 2.33. The van der Waals surface area contributed by atoms with Crippen LogP contribution in [0.15, 0.2) is 36.4 Å². The van der Waals surface area contributed by atoms with Crippen molar-refractivity contribution in [3.63, 3.8) is 0 Å². The van der Waals surface area contributed by atoms with Crippen molar-refractivity contribution in [3.8, 4) is 0 Å². The van der Waals surface area contributed by atoms with Gasteiger partial charge in [0.2, 0.25) is 0 Å². The number of alkyl halides is 1. The van der Waals surface area contributed by atoms with Crippen molar-refractivity contribution in [3.05, 3.63) is 69.8 Å². The van der Waals surface area contributed by atoms with E-state index < -0.39 is 0 Å². The fraction of sp³-hybridized carbons (Fsp3) is 0.400. The molecule has 0 aromatic heterocycles. The van der Waals surface area contributed by atoms with Crippen molar-refractivity contribution >= 4 is 0 Å². The van der Waals surface area contributed by atoms with Crippen LogP contribution in [0.2, 0.25) is 0 Å². The maximum atomic E-state index is 9.50. The highest BCUT2D eigenvalue weighted by atomic mass is 19.1. The molecule has 0 saturated heterocycles. The van der Waals surface area contributed by atoms with Crippen LogP contribution in [0, 0.1) is 20.8 Å². The monoisotopic (exact) mass is 284 g/mol. The Morgan fingerprint density at radius 1 is 0.952 bits per heavy atom. The van der Waals surface area contributed by atoms with Gasteiger partial charge in [-0.2, -0.15) is 0 Å². The van der Waals surface area contributed by atoms with Gasteiger partial charge < -0.3 is 0 Å². The molecule has 0 heterocycles. The van der Waals surface area contributed by atoms with Crippen LogP contribution >= 0.6 is 0 Å². The maximum absolute atomic E-state index is 9.50. The molecule has 0 radical (unpaired) electrons. The molecular weight excluding hydrogens is 259 g/mol. The van der Waals surface area contributed by atoms with Crippen LogP contribution in [0.5, 0.6) is 0 Å². The molecule has 0 bridgehead atoms. The minimum Gasteiger partial charge on any atom is -0.255 e. The third-order valence-corrected chi connectivity index (χ3v) is 4.24. The van der Waals surface area contributed by atoms with E-state index in [1.54, 1.807) is 11.1 Å². The third-order valence-electron chi connectivity index (χ3n) is 4.24. The molecule has 1 aliphatic carbocycles. The van der Waals surface area contributed by atoms with Gasteiger partial charge in [-0.1, -0.05) is 47.5 Å². The summed E-state index contributed by atoms with van der Waals surface area (Å²) in [5.41, 5.74) is 9.01. The molecule has 0 amide bonds. The number of fused-ring (bicyclic) bond motifs is 1. The molecule has 3 rings (SSSR count). The number of halogens is 1. The first-order chi connectivity index (χ1) is 10.1. The van der Waals surface area contributed by atoms with Gasteiger partial charge in [0, 0.05) is 5.92 Å². The Morgan fingerprint density at radius 3 is 2.43 bits per heavy atom. The predicted octanol–water partition coefficient (Wildman–Crippen LogP) is 5.67. The quantitative estimate of drug-likeness (QED) is 0.679. The van der Waals surface area contributed by atoms with Crippen LogP contribution in [0.3, 0.4) is 0 Å². The zero-order chi connectivity index (χ0) is 15.4. The molecule has 1 heteroatoms. The van der Waals surface area contributed by atoms with Crippen molar-refractivity contribution in [2.24, 2.45) is 0 Å². The van der Waals surface area contributed by atoms with Gasteiger partial charge in [0.05, 0.1) is 7.18 Å². The lowest BCUT2D eigenvalue weighted by Gasteiger charge is -2.02. The molecule has 0 fully saturated rings. The molecule has 0 N–H and O–H groups in total. The summed E-state index contributed by atoms with van der Waals surface area (Å²) >= 11 is 0. The first-order valence-electron chi connectivity index (χ1n) is 7.69. The van der Waals surface area contributed by atoms with Gasteiger partial charge in [0.25, 0.3) is 0 Å². The molecule has 1 aliphatic rings. The second-order valence-electron chi connectivity index (χ2n) is 6.02. The molecule has 0 spiro atoms. The van der Waals surface area contributed by atoms with Gasteiger partial charge in [0.15, 0.2) is 0 Å². The van der Waals surface area contributed by atoms with Gasteiger partial charge >= 0.3 is 0 Å². The number of rotatable bonds is 4. The minimum atomic E-state index is 0.500. The summed E-state index contributed by atoms with van der Waals surface area (Å²) in [5.74, 6) is 0.763. The standard InChI is InChI=1S/C19H22.CH3F/c1-13-6-4-7-16(11-13)8-5-9-17-18-12-14(2)10-15(3)19(17)18;1-2/h4,6-7,10-12,17H,5,8-9H2,1-3H3;1H3. The second-order valence-corrected chi connectivity index (χ2v) is 6.02. The van der Waals surface area contributed by atoms with Gasteiger partial charge in [-0.25, -0.2) is 0 Å². The topological polar surface area (TPSA) is 0 Å². The first kappa shape index (κ1) is 15.8. The van der Waals surface area contributed by atoms with E-state index in [1.807, 2.05) is 0 Å². The smallest absolute Gasteiger partial charge is 0.0785 e. The molecule has 0 nitrogen and oxygen atoms in total. The molecule has 2 aromatic rings. The predicted molar refractivity (Wildman–Crippen MR) is 88.9 cm³/mol. The van der Waals surface area contributed by atoms with Crippen molar-refractivity contribution < 1.29 is 4.39 Å². The van der Waals surface area contributed by atoms with E-state index in [0.29, 0.717) is 7.18 Å². The minimum absolute atomic E-state index is 0.500. The van der Waals surface area contributed by atoms with E-state index in [4.69, 9.17) is 0 Å². The largest absolute Gasteiger partial charge is 0.255 e. The number of aryl methyl sites for hydroxylation is 4. The van der Waals surface area contributed by atoms with Gasteiger partial charge in [-0.15, -0.1) is 0 Å². The Balaban J connectivity index is 0.000000774. The Bertz CT molecular complexity index is 613. The molecule has 0 aliphatic heterocycles. The zero-order valence-corrected chi connectivity index (χ0v) is 13.5. The molecule has 21 heavy (non-hydrogen) atoms. The van der Waals surface area contributed by atoms with Crippen molar-refractivity contribution in [2.75, 3.05) is 7.18 Å². The fourth-order valence-electron chi connectivity index (χ4n) is 3.35. The van der Waals surface area contributed by atoms with Crippen LogP contribution in [-0.4, -0.2) is 7.18 Å². The van der Waals surface area contributed by atoms with E-state index in [1.165, 1.54) is 41.5 Å². The molecule has 0 saturated carbocycles. The van der Waals surface area contributed by atoms with Crippen LogP contribution in [-0.2, 0) is 6.42 Å². The van der Waals surface area contributed by atoms with E-state index >= 15 is 0 Å². The van der Waals surface area contributed by atoms with Crippen molar-refractivity contribution in [1.29, 1.82) is 0 Å². The molecule has 2 aromatic carbocycles. The summed E-state index contributed by atoms with van der Waals surface area (Å²) in [7, 11) is 0.500.